The number of piperidine rings is 1. The standard InChI is InChI=1S/C21H20ClN3O3S/c1-14-6-10-25(11-7-14)29(27,28)16-2-3-19-17(12-16)18(21(22)26)13-20(24-19)15-4-8-23-9-5-15/h2-5,8-9,12-14H,6-7,10-11H2,1H3. The second kappa shape index (κ2) is 7.82. The average Bonchev–Trinajstić information content (AvgIpc) is 2.73. The van der Waals surface area contributed by atoms with E-state index in [0.29, 0.717) is 35.6 Å². The van der Waals surface area contributed by atoms with E-state index >= 15 is 0 Å². The topological polar surface area (TPSA) is 80.2 Å². The van der Waals surface area contributed by atoms with Crippen LogP contribution in [-0.4, -0.2) is 41.0 Å². The zero-order valence-electron chi connectivity index (χ0n) is 15.9. The number of fused-ring (bicyclic) bond motifs is 1. The molecule has 0 saturated carbocycles. The largest absolute Gasteiger partial charge is 0.276 e. The Bertz CT molecular complexity index is 1170. The zero-order chi connectivity index (χ0) is 20.6. The van der Waals surface area contributed by atoms with Crippen LogP contribution in [0.25, 0.3) is 22.2 Å². The predicted molar refractivity (Wildman–Crippen MR) is 112 cm³/mol. The first-order valence-electron chi connectivity index (χ1n) is 9.41. The van der Waals surface area contributed by atoms with Gasteiger partial charge in [-0.15, -0.1) is 0 Å². The second-order valence-electron chi connectivity index (χ2n) is 7.33. The fraction of sp³-hybridized carbons (Fsp3) is 0.286. The first kappa shape index (κ1) is 19.9. The van der Waals surface area contributed by atoms with Gasteiger partial charge in [0.25, 0.3) is 5.24 Å². The summed E-state index contributed by atoms with van der Waals surface area (Å²) in [4.78, 5) is 20.8. The maximum absolute atomic E-state index is 13.1. The summed E-state index contributed by atoms with van der Waals surface area (Å²) in [5, 5.41) is -0.233. The number of nitrogens with zero attached hydrogens (tertiary/aromatic N) is 3. The number of sulfonamides is 1. The molecule has 0 radical (unpaired) electrons. The molecule has 150 valence electrons. The van der Waals surface area contributed by atoms with Gasteiger partial charge in [0.15, 0.2) is 0 Å². The van der Waals surface area contributed by atoms with Crippen LogP contribution in [0, 0.1) is 5.92 Å². The van der Waals surface area contributed by atoms with E-state index in [9.17, 15) is 13.2 Å². The first-order chi connectivity index (χ1) is 13.9. The van der Waals surface area contributed by atoms with Gasteiger partial charge < -0.3 is 0 Å². The highest BCUT2D eigenvalue weighted by atomic mass is 35.5. The van der Waals surface area contributed by atoms with E-state index < -0.39 is 15.3 Å². The number of hydrogen-bond acceptors (Lipinski definition) is 5. The third-order valence-corrected chi connectivity index (χ3v) is 7.45. The van der Waals surface area contributed by atoms with E-state index in [-0.39, 0.29) is 10.5 Å². The Hall–Kier alpha value is -2.35. The predicted octanol–water partition coefficient (Wildman–Crippen LogP) is 4.10. The highest BCUT2D eigenvalue weighted by molar-refractivity contribution is 7.89. The lowest BCUT2D eigenvalue weighted by Crippen LogP contribution is -2.37. The molecular formula is C21H20ClN3O3S. The van der Waals surface area contributed by atoms with Crippen molar-refractivity contribution in [2.24, 2.45) is 5.92 Å². The Labute approximate surface area is 174 Å². The molecule has 6 nitrogen and oxygen atoms in total. The molecule has 3 heterocycles. The lowest BCUT2D eigenvalue weighted by Gasteiger charge is -2.29. The SMILES string of the molecule is CC1CCN(S(=O)(=O)c2ccc3nc(-c4ccncc4)cc(C(=O)Cl)c3c2)CC1. The second-order valence-corrected chi connectivity index (χ2v) is 9.61. The molecule has 1 aromatic carbocycles. The molecule has 3 aromatic rings. The van der Waals surface area contributed by atoms with Gasteiger partial charge >= 0.3 is 0 Å². The molecule has 0 N–H and O–H groups in total. The fourth-order valence-electron chi connectivity index (χ4n) is 3.57. The minimum absolute atomic E-state index is 0.150. The minimum Gasteiger partial charge on any atom is -0.276 e. The van der Waals surface area contributed by atoms with E-state index in [4.69, 9.17) is 11.6 Å². The van der Waals surface area contributed by atoms with Crippen molar-refractivity contribution in [3.8, 4) is 11.3 Å². The van der Waals surface area contributed by atoms with Crippen LogP contribution in [0.15, 0.2) is 53.7 Å². The van der Waals surface area contributed by atoms with Crippen LogP contribution in [0.1, 0.15) is 30.1 Å². The molecule has 0 amide bonds. The number of carbonyl (C=O) groups is 1. The molecule has 8 heteroatoms. The molecule has 0 spiro atoms. The van der Waals surface area contributed by atoms with E-state index in [0.717, 1.165) is 18.4 Å². The van der Waals surface area contributed by atoms with Gasteiger partial charge in [0.05, 0.1) is 16.1 Å². The van der Waals surface area contributed by atoms with Crippen molar-refractivity contribution in [1.29, 1.82) is 0 Å². The van der Waals surface area contributed by atoms with Crippen molar-refractivity contribution in [3.63, 3.8) is 0 Å². The number of halogens is 1. The van der Waals surface area contributed by atoms with E-state index in [1.54, 1.807) is 42.7 Å². The third-order valence-electron chi connectivity index (χ3n) is 5.35. The molecule has 0 aliphatic carbocycles. The number of benzene rings is 1. The van der Waals surface area contributed by atoms with Crippen molar-refractivity contribution in [3.05, 3.63) is 54.4 Å². The molecule has 1 fully saturated rings. The first-order valence-corrected chi connectivity index (χ1v) is 11.2. The lowest BCUT2D eigenvalue weighted by atomic mass is 10.0. The normalized spacial score (nSPS) is 16.2. The van der Waals surface area contributed by atoms with Crippen LogP contribution in [0.3, 0.4) is 0 Å². The Morgan fingerprint density at radius 3 is 2.45 bits per heavy atom. The van der Waals surface area contributed by atoms with E-state index in [1.807, 2.05) is 0 Å². The molecule has 29 heavy (non-hydrogen) atoms. The molecule has 0 unspecified atom stereocenters. The molecule has 1 aliphatic heterocycles. The highest BCUT2D eigenvalue weighted by Crippen LogP contribution is 2.30. The van der Waals surface area contributed by atoms with Gasteiger partial charge in [-0.2, -0.15) is 4.31 Å². The summed E-state index contributed by atoms with van der Waals surface area (Å²) in [6, 6.07) is 9.83. The fourth-order valence-corrected chi connectivity index (χ4v) is 5.23. The summed E-state index contributed by atoms with van der Waals surface area (Å²) >= 11 is 5.83. The van der Waals surface area contributed by atoms with Crippen LogP contribution in [0.2, 0.25) is 0 Å². The van der Waals surface area contributed by atoms with Crippen LogP contribution in [0.4, 0.5) is 0 Å². The lowest BCUT2D eigenvalue weighted by molar-refractivity contribution is 0.108. The Morgan fingerprint density at radius 2 is 1.79 bits per heavy atom. The van der Waals surface area contributed by atoms with Crippen molar-refractivity contribution in [2.75, 3.05) is 13.1 Å². The van der Waals surface area contributed by atoms with Gasteiger partial charge in [0, 0.05) is 42.0 Å². The third kappa shape index (κ3) is 3.90. The van der Waals surface area contributed by atoms with E-state index in [1.165, 1.54) is 10.4 Å². The average molecular weight is 430 g/mol. The number of pyridine rings is 2. The molecule has 2 aromatic heterocycles. The number of hydrogen-bond donors (Lipinski definition) is 0. The van der Waals surface area contributed by atoms with Gasteiger partial charge in [0.1, 0.15) is 0 Å². The van der Waals surface area contributed by atoms with Crippen molar-refractivity contribution in [2.45, 2.75) is 24.7 Å². The van der Waals surface area contributed by atoms with Crippen molar-refractivity contribution >= 4 is 37.8 Å². The maximum Gasteiger partial charge on any atom is 0.253 e. The Kier molecular flexibility index (Phi) is 5.38. The van der Waals surface area contributed by atoms with Gasteiger partial charge in [-0.1, -0.05) is 6.92 Å². The Balaban J connectivity index is 1.81. The zero-order valence-corrected chi connectivity index (χ0v) is 17.4. The summed E-state index contributed by atoms with van der Waals surface area (Å²) in [6.45, 7) is 3.13. The van der Waals surface area contributed by atoms with Crippen LogP contribution in [0.5, 0.6) is 0 Å². The Morgan fingerprint density at radius 1 is 1.10 bits per heavy atom. The summed E-state index contributed by atoms with van der Waals surface area (Å²) in [6.07, 6.45) is 4.96. The monoisotopic (exact) mass is 429 g/mol. The summed E-state index contributed by atoms with van der Waals surface area (Å²) in [5.41, 5.74) is 2.10. The molecule has 4 rings (SSSR count). The summed E-state index contributed by atoms with van der Waals surface area (Å²) < 4.78 is 27.7. The quantitative estimate of drug-likeness (QED) is 0.583. The smallest absolute Gasteiger partial charge is 0.253 e. The van der Waals surface area contributed by atoms with Crippen molar-refractivity contribution in [1.82, 2.24) is 14.3 Å². The molecule has 1 saturated heterocycles. The van der Waals surface area contributed by atoms with Gasteiger partial charge in [-0.25, -0.2) is 13.4 Å². The molecule has 0 bridgehead atoms. The highest BCUT2D eigenvalue weighted by Gasteiger charge is 2.28. The molecule has 1 aliphatic rings. The molecule has 0 atom stereocenters. The number of carbonyl (C=O) groups excluding carboxylic acids is 1. The number of aromatic nitrogens is 2. The van der Waals surface area contributed by atoms with Gasteiger partial charge in [0.2, 0.25) is 10.0 Å². The number of rotatable bonds is 4. The van der Waals surface area contributed by atoms with Crippen molar-refractivity contribution < 1.29 is 13.2 Å². The van der Waals surface area contributed by atoms with E-state index in [2.05, 4.69) is 16.9 Å². The van der Waals surface area contributed by atoms with Gasteiger partial charge in [-0.3, -0.25) is 9.78 Å². The van der Waals surface area contributed by atoms with Gasteiger partial charge in [-0.05, 0) is 66.8 Å². The van der Waals surface area contributed by atoms with Crippen LogP contribution < -0.4 is 0 Å². The maximum atomic E-state index is 13.1. The summed E-state index contributed by atoms with van der Waals surface area (Å²) in [7, 11) is -3.64. The molecular weight excluding hydrogens is 410 g/mol. The van der Waals surface area contributed by atoms with Crippen LogP contribution >= 0.6 is 11.6 Å². The summed E-state index contributed by atoms with van der Waals surface area (Å²) in [5.74, 6) is 0.523. The minimum atomic E-state index is -3.64. The van der Waals surface area contributed by atoms with Crippen LogP contribution in [-0.2, 0) is 10.0 Å².